The first kappa shape index (κ1) is 17.8. The molecule has 0 aromatic carbocycles. The number of rotatable bonds is 2. The van der Waals surface area contributed by atoms with Crippen molar-refractivity contribution in [1.29, 1.82) is 0 Å². The number of halogens is 3. The summed E-state index contributed by atoms with van der Waals surface area (Å²) in [5, 5.41) is 0. The fourth-order valence-electron chi connectivity index (χ4n) is 3.78. The van der Waals surface area contributed by atoms with E-state index in [0.717, 1.165) is 39.2 Å². The number of hydrogen-bond acceptors (Lipinski definition) is 3. The molecule has 0 saturated heterocycles. The van der Waals surface area contributed by atoms with Gasteiger partial charge in [-0.2, -0.15) is 13.2 Å². The summed E-state index contributed by atoms with van der Waals surface area (Å²) in [5.41, 5.74) is 0. The number of hydrogen-bond donors (Lipinski definition) is 0. The number of amides is 1. The van der Waals surface area contributed by atoms with Crippen molar-refractivity contribution in [3.05, 3.63) is 12.2 Å². The van der Waals surface area contributed by atoms with E-state index < -0.39 is 30.1 Å². The maximum atomic E-state index is 13.1. The van der Waals surface area contributed by atoms with Crippen LogP contribution >= 0.6 is 0 Å². The molecule has 1 amide bonds. The average molecular weight is 333 g/mol. The molecule has 1 heterocycles. The van der Waals surface area contributed by atoms with Gasteiger partial charge in [0, 0.05) is 6.04 Å². The molecule has 0 radical (unpaired) electrons. The summed E-state index contributed by atoms with van der Waals surface area (Å²) in [6.45, 7) is 1.79. The summed E-state index contributed by atoms with van der Waals surface area (Å²) in [5.74, 6) is -3.06. The second kappa shape index (κ2) is 6.93. The number of carbonyl (C=O) groups excluding carboxylic acids is 2. The topological polar surface area (TPSA) is 46.6 Å². The maximum absolute atomic E-state index is 13.1. The van der Waals surface area contributed by atoms with Crippen LogP contribution in [0.4, 0.5) is 13.2 Å². The fraction of sp³-hybridized carbons (Fsp3) is 0.750. The van der Waals surface area contributed by atoms with E-state index in [-0.39, 0.29) is 11.8 Å². The molecule has 0 aromatic rings. The van der Waals surface area contributed by atoms with Gasteiger partial charge in [0.2, 0.25) is 0 Å². The van der Waals surface area contributed by atoms with Crippen LogP contribution in [-0.4, -0.2) is 42.1 Å². The van der Waals surface area contributed by atoms with Crippen molar-refractivity contribution in [3.63, 3.8) is 0 Å². The van der Waals surface area contributed by atoms with Crippen molar-refractivity contribution in [2.45, 2.75) is 57.3 Å². The molecule has 130 valence electrons. The van der Waals surface area contributed by atoms with E-state index in [4.69, 9.17) is 0 Å². The van der Waals surface area contributed by atoms with Crippen LogP contribution in [-0.2, 0) is 14.3 Å². The first-order valence-electron chi connectivity index (χ1n) is 7.93. The standard InChI is InChI=1S/C16H22F3NO3/c1-10-8-9-12(14(21)23-2)20(15(22)16(17,18)19)13(10)11-6-4-3-5-7-11/h8-13H,3-7H2,1-2H3/t10-,12+,13-/m0/s1. The number of methoxy groups -OCH3 is 1. The Morgan fingerprint density at radius 2 is 1.74 bits per heavy atom. The molecule has 1 saturated carbocycles. The van der Waals surface area contributed by atoms with Gasteiger partial charge in [0.1, 0.15) is 6.04 Å². The van der Waals surface area contributed by atoms with E-state index in [1.54, 1.807) is 13.0 Å². The Hall–Kier alpha value is -1.53. The van der Waals surface area contributed by atoms with E-state index >= 15 is 0 Å². The predicted octanol–water partition coefficient (Wildman–Crippen LogP) is 3.07. The molecule has 0 unspecified atom stereocenters. The SMILES string of the molecule is COC(=O)[C@H]1C=C[C@H](C)[C@@H](C2CCCCC2)N1C(=O)C(F)(F)F. The minimum Gasteiger partial charge on any atom is -0.467 e. The van der Waals surface area contributed by atoms with Crippen LogP contribution in [0.25, 0.3) is 0 Å². The van der Waals surface area contributed by atoms with Crippen LogP contribution < -0.4 is 0 Å². The summed E-state index contributed by atoms with van der Waals surface area (Å²) in [6.07, 6.45) is 2.55. The molecule has 23 heavy (non-hydrogen) atoms. The lowest BCUT2D eigenvalue weighted by Crippen LogP contribution is -2.60. The van der Waals surface area contributed by atoms with Gasteiger partial charge in [0.05, 0.1) is 7.11 Å². The van der Waals surface area contributed by atoms with Crippen LogP contribution in [0.15, 0.2) is 12.2 Å². The summed E-state index contributed by atoms with van der Waals surface area (Å²) in [4.78, 5) is 24.6. The van der Waals surface area contributed by atoms with E-state index in [9.17, 15) is 22.8 Å². The smallest absolute Gasteiger partial charge is 0.467 e. The third-order valence-corrected chi connectivity index (χ3v) is 4.81. The van der Waals surface area contributed by atoms with Gasteiger partial charge in [-0.25, -0.2) is 4.79 Å². The monoisotopic (exact) mass is 333 g/mol. The highest BCUT2D eigenvalue weighted by Crippen LogP contribution is 2.38. The van der Waals surface area contributed by atoms with Gasteiger partial charge >= 0.3 is 18.1 Å². The number of nitrogens with zero attached hydrogens (tertiary/aromatic N) is 1. The lowest BCUT2D eigenvalue weighted by molar-refractivity contribution is -0.194. The molecule has 0 aromatic heterocycles. The minimum atomic E-state index is -5.01. The Labute approximate surface area is 133 Å². The predicted molar refractivity (Wildman–Crippen MR) is 77.4 cm³/mol. The molecular weight excluding hydrogens is 311 g/mol. The molecule has 2 aliphatic rings. The largest absolute Gasteiger partial charge is 0.471 e. The molecule has 1 aliphatic carbocycles. The summed E-state index contributed by atoms with van der Waals surface area (Å²) >= 11 is 0. The van der Waals surface area contributed by atoms with E-state index in [1.165, 1.54) is 6.08 Å². The van der Waals surface area contributed by atoms with Crippen molar-refractivity contribution in [3.8, 4) is 0 Å². The molecular formula is C16H22F3NO3. The van der Waals surface area contributed by atoms with Crippen molar-refractivity contribution in [2.24, 2.45) is 11.8 Å². The van der Waals surface area contributed by atoms with Crippen LogP contribution in [0.1, 0.15) is 39.0 Å². The summed E-state index contributed by atoms with van der Waals surface area (Å²) < 4.78 is 43.8. The van der Waals surface area contributed by atoms with Gasteiger partial charge in [0.15, 0.2) is 0 Å². The Morgan fingerprint density at radius 1 is 1.13 bits per heavy atom. The number of esters is 1. The highest BCUT2D eigenvalue weighted by atomic mass is 19.4. The summed E-state index contributed by atoms with van der Waals surface area (Å²) in [6, 6.07) is -1.93. The lowest BCUT2D eigenvalue weighted by atomic mass is 9.76. The molecule has 0 bridgehead atoms. The zero-order chi connectivity index (χ0) is 17.2. The second-order valence-electron chi connectivity index (χ2n) is 6.31. The normalized spacial score (nSPS) is 29.4. The summed E-state index contributed by atoms with van der Waals surface area (Å²) in [7, 11) is 1.11. The van der Waals surface area contributed by atoms with Gasteiger partial charge in [-0.15, -0.1) is 0 Å². The van der Waals surface area contributed by atoms with Crippen molar-refractivity contribution < 1.29 is 27.5 Å². The van der Waals surface area contributed by atoms with Crippen LogP contribution in [0.5, 0.6) is 0 Å². The fourth-order valence-corrected chi connectivity index (χ4v) is 3.78. The minimum absolute atomic E-state index is 0.0258. The van der Waals surface area contributed by atoms with Crippen LogP contribution in [0.3, 0.4) is 0 Å². The second-order valence-corrected chi connectivity index (χ2v) is 6.31. The molecule has 2 rings (SSSR count). The van der Waals surface area contributed by atoms with Gasteiger partial charge in [-0.1, -0.05) is 38.3 Å². The molecule has 7 heteroatoms. The highest BCUT2D eigenvalue weighted by Gasteiger charge is 2.51. The molecule has 0 spiro atoms. The third kappa shape index (κ3) is 3.70. The quantitative estimate of drug-likeness (QED) is 0.576. The maximum Gasteiger partial charge on any atom is 0.471 e. The van der Waals surface area contributed by atoms with Crippen LogP contribution in [0, 0.1) is 11.8 Å². The first-order valence-corrected chi connectivity index (χ1v) is 7.93. The van der Waals surface area contributed by atoms with Gasteiger partial charge in [-0.05, 0) is 24.7 Å². The zero-order valence-electron chi connectivity index (χ0n) is 13.3. The Kier molecular flexibility index (Phi) is 5.37. The average Bonchev–Trinajstić information content (AvgIpc) is 2.53. The Morgan fingerprint density at radius 3 is 2.26 bits per heavy atom. The number of alkyl halides is 3. The molecule has 3 atom stereocenters. The van der Waals surface area contributed by atoms with Crippen molar-refractivity contribution in [2.75, 3.05) is 7.11 Å². The first-order chi connectivity index (χ1) is 10.8. The zero-order valence-corrected chi connectivity index (χ0v) is 13.3. The third-order valence-electron chi connectivity index (χ3n) is 4.81. The molecule has 1 fully saturated rings. The van der Waals surface area contributed by atoms with E-state index in [1.807, 2.05) is 0 Å². The Balaban J connectivity index is 2.40. The molecule has 0 N–H and O–H groups in total. The van der Waals surface area contributed by atoms with Gasteiger partial charge in [-0.3, -0.25) is 4.79 Å². The van der Waals surface area contributed by atoms with Crippen molar-refractivity contribution in [1.82, 2.24) is 4.90 Å². The molecule has 1 aliphatic heterocycles. The van der Waals surface area contributed by atoms with E-state index in [0.29, 0.717) is 4.90 Å². The van der Waals surface area contributed by atoms with Gasteiger partial charge < -0.3 is 9.64 Å². The number of carbonyl (C=O) groups is 2. The van der Waals surface area contributed by atoms with E-state index in [2.05, 4.69) is 4.74 Å². The van der Waals surface area contributed by atoms with Crippen molar-refractivity contribution >= 4 is 11.9 Å². The molecule has 4 nitrogen and oxygen atoms in total. The number of ether oxygens (including phenoxy) is 1. The Bertz CT molecular complexity index is 483. The van der Waals surface area contributed by atoms with Crippen LogP contribution in [0.2, 0.25) is 0 Å². The highest BCUT2D eigenvalue weighted by molar-refractivity contribution is 5.89. The van der Waals surface area contributed by atoms with Gasteiger partial charge in [0.25, 0.3) is 0 Å². The lowest BCUT2D eigenvalue weighted by Gasteiger charge is -2.46.